The van der Waals surface area contributed by atoms with Gasteiger partial charge in [-0.05, 0) is 32.9 Å². The molecule has 96 valence electrons. The number of halogens is 3. The molecule has 0 atom stereocenters. The second-order valence-corrected chi connectivity index (χ2v) is 5.35. The molecule has 0 radical (unpaired) electrons. The Morgan fingerprint density at radius 3 is 2.44 bits per heavy atom. The molecule has 0 aliphatic heterocycles. The molecule has 0 saturated carbocycles. The van der Waals surface area contributed by atoms with E-state index in [0.29, 0.717) is 0 Å². The Labute approximate surface area is 108 Å². The van der Waals surface area contributed by atoms with Gasteiger partial charge < -0.3 is 4.57 Å². The molecule has 0 spiro atoms. The monoisotopic (exact) mass is 271 g/mol. The number of hydrogen-bond donors (Lipinski definition) is 0. The molecule has 1 aromatic carbocycles. The highest BCUT2D eigenvalue weighted by Crippen LogP contribution is 2.29. The summed E-state index contributed by atoms with van der Waals surface area (Å²) < 4.78 is 28.9. The Balaban J connectivity index is 2.64. The number of rotatable bonds is 1. The maximum absolute atomic E-state index is 13.8. The summed E-state index contributed by atoms with van der Waals surface area (Å²) in [5.74, 6) is -1.04. The van der Waals surface area contributed by atoms with Crippen molar-refractivity contribution in [2.24, 2.45) is 0 Å². The van der Waals surface area contributed by atoms with Gasteiger partial charge in [-0.15, -0.1) is 10.2 Å². The zero-order valence-electron chi connectivity index (χ0n) is 10.2. The van der Waals surface area contributed by atoms with Crippen LogP contribution >= 0.6 is 11.6 Å². The first-order valence-electron chi connectivity index (χ1n) is 5.36. The minimum absolute atomic E-state index is 0.0457. The molecule has 1 aromatic heterocycles. The number of aromatic nitrogens is 3. The highest BCUT2D eigenvalue weighted by Gasteiger charge is 2.22. The van der Waals surface area contributed by atoms with Crippen molar-refractivity contribution in [2.75, 3.05) is 0 Å². The summed E-state index contributed by atoms with van der Waals surface area (Å²) in [7, 11) is 0. The third-order valence-corrected chi connectivity index (χ3v) is 2.81. The van der Waals surface area contributed by atoms with Crippen molar-refractivity contribution in [3.8, 4) is 11.4 Å². The molecule has 0 N–H and O–H groups in total. The first kappa shape index (κ1) is 13.0. The van der Waals surface area contributed by atoms with E-state index >= 15 is 0 Å². The Morgan fingerprint density at radius 1 is 1.17 bits per heavy atom. The normalized spacial score (nSPS) is 11.9. The topological polar surface area (TPSA) is 30.7 Å². The van der Waals surface area contributed by atoms with Crippen LogP contribution in [0.1, 0.15) is 20.8 Å². The number of benzene rings is 1. The highest BCUT2D eigenvalue weighted by atomic mass is 35.5. The zero-order valence-corrected chi connectivity index (χ0v) is 11.0. The molecule has 6 heteroatoms. The van der Waals surface area contributed by atoms with Gasteiger partial charge in [-0.3, -0.25) is 0 Å². The SMILES string of the molecule is CC(C)(C)n1cnnc1-c1cc(F)c(Cl)cc1F. The third-order valence-electron chi connectivity index (χ3n) is 2.52. The number of nitrogens with zero attached hydrogens (tertiary/aromatic N) is 3. The van der Waals surface area contributed by atoms with Gasteiger partial charge in [0.25, 0.3) is 0 Å². The van der Waals surface area contributed by atoms with Crippen molar-refractivity contribution in [1.29, 1.82) is 0 Å². The fourth-order valence-corrected chi connectivity index (χ4v) is 1.75. The van der Waals surface area contributed by atoms with Gasteiger partial charge in [0.05, 0.1) is 10.6 Å². The molecule has 0 saturated heterocycles. The standard InChI is InChI=1S/C12H12ClF2N3/c1-12(2,3)18-6-16-17-11(18)7-4-10(15)8(13)5-9(7)14/h4-6H,1-3H3. The Bertz CT molecular complexity index is 587. The maximum atomic E-state index is 13.8. The van der Waals surface area contributed by atoms with Crippen LogP contribution in [0.3, 0.4) is 0 Å². The van der Waals surface area contributed by atoms with Gasteiger partial charge in [0.15, 0.2) is 5.82 Å². The van der Waals surface area contributed by atoms with Gasteiger partial charge >= 0.3 is 0 Å². The highest BCUT2D eigenvalue weighted by molar-refractivity contribution is 6.30. The quantitative estimate of drug-likeness (QED) is 0.742. The van der Waals surface area contributed by atoms with Crippen LogP contribution in [0.15, 0.2) is 18.5 Å². The van der Waals surface area contributed by atoms with E-state index in [4.69, 9.17) is 11.6 Å². The Kier molecular flexibility index (Phi) is 3.11. The Hall–Kier alpha value is -1.49. The fraction of sp³-hybridized carbons (Fsp3) is 0.333. The van der Waals surface area contributed by atoms with E-state index in [2.05, 4.69) is 10.2 Å². The second-order valence-electron chi connectivity index (χ2n) is 4.94. The van der Waals surface area contributed by atoms with Crippen LogP contribution in [0.2, 0.25) is 5.02 Å². The van der Waals surface area contributed by atoms with Crippen LogP contribution in [0, 0.1) is 11.6 Å². The lowest BCUT2D eigenvalue weighted by molar-refractivity contribution is 0.399. The minimum atomic E-state index is -0.684. The molecule has 2 aromatic rings. The molecule has 3 nitrogen and oxygen atoms in total. The molecule has 0 aliphatic carbocycles. The van der Waals surface area contributed by atoms with E-state index in [1.54, 1.807) is 4.57 Å². The van der Waals surface area contributed by atoms with Gasteiger partial charge in [-0.1, -0.05) is 11.6 Å². The van der Waals surface area contributed by atoms with E-state index in [1.807, 2.05) is 20.8 Å². The van der Waals surface area contributed by atoms with Gasteiger partial charge in [0.1, 0.15) is 18.0 Å². The van der Waals surface area contributed by atoms with Crippen molar-refractivity contribution in [3.05, 3.63) is 35.1 Å². The van der Waals surface area contributed by atoms with Gasteiger partial charge in [0.2, 0.25) is 0 Å². The predicted molar refractivity (Wildman–Crippen MR) is 65.4 cm³/mol. The fourth-order valence-electron chi connectivity index (χ4n) is 1.60. The van der Waals surface area contributed by atoms with Crippen molar-refractivity contribution in [2.45, 2.75) is 26.3 Å². The van der Waals surface area contributed by atoms with E-state index in [9.17, 15) is 8.78 Å². The lowest BCUT2D eigenvalue weighted by Gasteiger charge is -2.22. The van der Waals surface area contributed by atoms with E-state index in [-0.39, 0.29) is 21.9 Å². The number of hydrogen-bond acceptors (Lipinski definition) is 2. The summed E-state index contributed by atoms with van der Waals surface area (Å²) in [6.45, 7) is 5.76. The summed E-state index contributed by atoms with van der Waals surface area (Å²) in [4.78, 5) is 0. The zero-order chi connectivity index (χ0) is 13.5. The molecule has 0 aliphatic rings. The molecule has 0 fully saturated rings. The molecule has 18 heavy (non-hydrogen) atoms. The maximum Gasteiger partial charge on any atom is 0.167 e. The molecule has 2 rings (SSSR count). The molecular weight excluding hydrogens is 260 g/mol. The smallest absolute Gasteiger partial charge is 0.167 e. The lowest BCUT2D eigenvalue weighted by Crippen LogP contribution is -2.22. The summed E-state index contributed by atoms with van der Waals surface area (Å²) >= 11 is 5.52. The summed E-state index contributed by atoms with van der Waals surface area (Å²) in [5.41, 5.74) is -0.286. The van der Waals surface area contributed by atoms with Gasteiger partial charge in [-0.25, -0.2) is 8.78 Å². The molecule has 0 unspecified atom stereocenters. The first-order valence-corrected chi connectivity index (χ1v) is 5.74. The van der Waals surface area contributed by atoms with Crippen molar-refractivity contribution in [1.82, 2.24) is 14.8 Å². The van der Waals surface area contributed by atoms with Crippen LogP contribution in [0.5, 0.6) is 0 Å². The van der Waals surface area contributed by atoms with E-state index < -0.39 is 11.6 Å². The first-order chi connectivity index (χ1) is 8.30. The molecule has 1 heterocycles. The van der Waals surface area contributed by atoms with Crippen LogP contribution < -0.4 is 0 Å². The van der Waals surface area contributed by atoms with Gasteiger partial charge in [0, 0.05) is 5.54 Å². The predicted octanol–water partition coefficient (Wildman–Crippen LogP) is 3.63. The summed E-state index contributed by atoms with van der Waals surface area (Å²) in [5, 5.41) is 7.34. The molecule has 0 amide bonds. The van der Waals surface area contributed by atoms with Crippen LogP contribution in [0.25, 0.3) is 11.4 Å². The van der Waals surface area contributed by atoms with E-state index in [0.717, 1.165) is 12.1 Å². The van der Waals surface area contributed by atoms with Crippen molar-refractivity contribution >= 4 is 11.6 Å². The lowest BCUT2D eigenvalue weighted by atomic mass is 10.1. The minimum Gasteiger partial charge on any atom is -0.308 e. The third kappa shape index (κ3) is 2.22. The van der Waals surface area contributed by atoms with Crippen LogP contribution in [-0.2, 0) is 5.54 Å². The Morgan fingerprint density at radius 2 is 1.83 bits per heavy atom. The molecular formula is C12H12ClF2N3. The van der Waals surface area contributed by atoms with Gasteiger partial charge in [-0.2, -0.15) is 0 Å². The largest absolute Gasteiger partial charge is 0.308 e. The van der Waals surface area contributed by atoms with Crippen molar-refractivity contribution < 1.29 is 8.78 Å². The van der Waals surface area contributed by atoms with Crippen LogP contribution in [-0.4, -0.2) is 14.8 Å². The summed E-state index contributed by atoms with van der Waals surface area (Å²) in [6.07, 6.45) is 1.49. The van der Waals surface area contributed by atoms with Crippen LogP contribution in [0.4, 0.5) is 8.78 Å². The summed E-state index contributed by atoms with van der Waals surface area (Å²) in [6, 6.07) is 1.97. The van der Waals surface area contributed by atoms with E-state index in [1.165, 1.54) is 6.33 Å². The molecule has 0 bridgehead atoms. The average molecular weight is 272 g/mol. The average Bonchev–Trinajstić information content (AvgIpc) is 2.71. The second kappa shape index (κ2) is 4.31. The van der Waals surface area contributed by atoms with Crippen molar-refractivity contribution in [3.63, 3.8) is 0 Å².